The molecular formula is C16H24ClN3O2. The number of piperidine rings is 1. The zero-order chi connectivity index (χ0) is 15.4. The first-order chi connectivity index (χ1) is 9.99. The van der Waals surface area contributed by atoms with E-state index in [1.807, 2.05) is 31.2 Å². The van der Waals surface area contributed by atoms with Crippen LogP contribution in [0.4, 0.5) is 5.69 Å². The standard InChI is InChI=1S/C16H23N3O2.ClH/c1-11-6-7-13(16(18)21)10-19(11)15(20)9-8-12-4-2-3-5-14(12)17;/h2-5,11,13H,6-10,17H2,1H3,(H2,18,21);1H. The number of hydrogen-bond acceptors (Lipinski definition) is 3. The molecule has 0 radical (unpaired) electrons. The average molecular weight is 326 g/mol. The number of carbonyl (C=O) groups excluding carboxylic acids is 2. The minimum Gasteiger partial charge on any atom is -0.399 e. The van der Waals surface area contributed by atoms with Gasteiger partial charge in [-0.2, -0.15) is 0 Å². The highest BCUT2D eigenvalue weighted by Crippen LogP contribution is 2.23. The fourth-order valence-electron chi connectivity index (χ4n) is 2.83. The molecular weight excluding hydrogens is 302 g/mol. The van der Waals surface area contributed by atoms with Gasteiger partial charge in [0.25, 0.3) is 0 Å². The highest BCUT2D eigenvalue weighted by molar-refractivity contribution is 5.85. The van der Waals surface area contributed by atoms with Gasteiger partial charge in [-0.05, 0) is 37.8 Å². The predicted molar refractivity (Wildman–Crippen MR) is 89.5 cm³/mol. The fraction of sp³-hybridized carbons (Fsp3) is 0.500. The summed E-state index contributed by atoms with van der Waals surface area (Å²) < 4.78 is 0. The van der Waals surface area contributed by atoms with E-state index in [-0.39, 0.29) is 36.2 Å². The molecule has 1 aliphatic rings. The lowest BCUT2D eigenvalue weighted by molar-refractivity contribution is -0.137. The Labute approximate surface area is 137 Å². The second-order valence-electron chi connectivity index (χ2n) is 5.77. The molecule has 1 aliphatic heterocycles. The van der Waals surface area contributed by atoms with E-state index in [0.29, 0.717) is 25.1 Å². The second-order valence-corrected chi connectivity index (χ2v) is 5.77. The topological polar surface area (TPSA) is 89.4 Å². The van der Waals surface area contributed by atoms with Crippen molar-refractivity contribution < 1.29 is 9.59 Å². The molecule has 0 aliphatic carbocycles. The number of nitrogens with two attached hydrogens (primary N) is 2. The first-order valence-electron chi connectivity index (χ1n) is 7.41. The zero-order valence-electron chi connectivity index (χ0n) is 12.8. The Bertz CT molecular complexity index is 536. The molecule has 1 heterocycles. The molecule has 2 rings (SSSR count). The Kier molecular flexibility index (Phi) is 6.68. The molecule has 0 spiro atoms. The van der Waals surface area contributed by atoms with Gasteiger partial charge in [-0.1, -0.05) is 18.2 Å². The van der Waals surface area contributed by atoms with Crippen molar-refractivity contribution in [3.63, 3.8) is 0 Å². The summed E-state index contributed by atoms with van der Waals surface area (Å²) in [6.45, 7) is 2.46. The third-order valence-corrected chi connectivity index (χ3v) is 4.27. The van der Waals surface area contributed by atoms with Crippen molar-refractivity contribution in [2.75, 3.05) is 12.3 Å². The Balaban J connectivity index is 0.00000242. The lowest BCUT2D eigenvalue weighted by Crippen LogP contribution is -2.48. The Morgan fingerprint density at radius 1 is 1.27 bits per heavy atom. The normalized spacial score (nSPS) is 21.0. The monoisotopic (exact) mass is 325 g/mol. The molecule has 2 amide bonds. The van der Waals surface area contributed by atoms with Gasteiger partial charge in [0.1, 0.15) is 0 Å². The number of primary amides is 1. The molecule has 0 bridgehead atoms. The van der Waals surface area contributed by atoms with Crippen LogP contribution in [-0.2, 0) is 16.0 Å². The molecule has 0 saturated carbocycles. The van der Waals surface area contributed by atoms with Crippen molar-refractivity contribution in [1.82, 2.24) is 4.90 Å². The smallest absolute Gasteiger partial charge is 0.223 e. The van der Waals surface area contributed by atoms with Crippen LogP contribution >= 0.6 is 12.4 Å². The van der Waals surface area contributed by atoms with Crippen LogP contribution in [0.25, 0.3) is 0 Å². The van der Waals surface area contributed by atoms with E-state index in [1.54, 1.807) is 4.90 Å². The number of halogens is 1. The van der Waals surface area contributed by atoms with E-state index in [1.165, 1.54) is 0 Å². The Hall–Kier alpha value is -1.75. The second kappa shape index (κ2) is 8.03. The van der Waals surface area contributed by atoms with Crippen LogP contribution in [0.5, 0.6) is 0 Å². The van der Waals surface area contributed by atoms with Crippen molar-refractivity contribution in [1.29, 1.82) is 0 Å². The zero-order valence-corrected chi connectivity index (χ0v) is 13.6. The average Bonchev–Trinajstić information content (AvgIpc) is 2.46. The largest absolute Gasteiger partial charge is 0.399 e. The van der Waals surface area contributed by atoms with Crippen LogP contribution in [0, 0.1) is 5.92 Å². The van der Waals surface area contributed by atoms with E-state index < -0.39 is 0 Å². The molecule has 5 nitrogen and oxygen atoms in total. The molecule has 6 heteroatoms. The number of rotatable bonds is 4. The van der Waals surface area contributed by atoms with Gasteiger partial charge in [-0.3, -0.25) is 9.59 Å². The van der Waals surface area contributed by atoms with E-state index in [0.717, 1.165) is 18.4 Å². The highest BCUT2D eigenvalue weighted by Gasteiger charge is 2.31. The summed E-state index contributed by atoms with van der Waals surface area (Å²) in [4.78, 5) is 25.5. The molecule has 122 valence electrons. The number of benzene rings is 1. The third-order valence-electron chi connectivity index (χ3n) is 4.27. The summed E-state index contributed by atoms with van der Waals surface area (Å²) in [6.07, 6.45) is 2.62. The summed E-state index contributed by atoms with van der Waals surface area (Å²) >= 11 is 0. The minimum absolute atomic E-state index is 0. The number of nitrogens with zero attached hydrogens (tertiary/aromatic N) is 1. The summed E-state index contributed by atoms with van der Waals surface area (Å²) in [5.74, 6) is -0.462. The number of amides is 2. The lowest BCUT2D eigenvalue weighted by atomic mass is 9.92. The molecule has 1 aromatic rings. The van der Waals surface area contributed by atoms with Crippen LogP contribution in [0.3, 0.4) is 0 Å². The van der Waals surface area contributed by atoms with Crippen molar-refractivity contribution in [2.45, 2.75) is 38.6 Å². The van der Waals surface area contributed by atoms with E-state index in [9.17, 15) is 9.59 Å². The quantitative estimate of drug-likeness (QED) is 0.826. The maximum Gasteiger partial charge on any atom is 0.223 e. The van der Waals surface area contributed by atoms with Crippen LogP contribution in [0.15, 0.2) is 24.3 Å². The predicted octanol–water partition coefficient (Wildman–Crippen LogP) is 1.74. The van der Waals surface area contributed by atoms with Gasteiger partial charge < -0.3 is 16.4 Å². The summed E-state index contributed by atoms with van der Waals surface area (Å²) in [7, 11) is 0. The number of nitrogen functional groups attached to an aromatic ring is 1. The van der Waals surface area contributed by atoms with E-state index >= 15 is 0 Å². The molecule has 0 aromatic heterocycles. The molecule has 22 heavy (non-hydrogen) atoms. The molecule has 2 unspecified atom stereocenters. The van der Waals surface area contributed by atoms with Crippen molar-refractivity contribution in [3.05, 3.63) is 29.8 Å². The summed E-state index contributed by atoms with van der Waals surface area (Å²) in [5.41, 5.74) is 13.0. The summed E-state index contributed by atoms with van der Waals surface area (Å²) in [5, 5.41) is 0. The van der Waals surface area contributed by atoms with Gasteiger partial charge >= 0.3 is 0 Å². The summed E-state index contributed by atoms with van der Waals surface area (Å²) in [6, 6.07) is 7.75. The SMILES string of the molecule is CC1CCC(C(N)=O)CN1C(=O)CCc1ccccc1N.Cl. The first-order valence-corrected chi connectivity index (χ1v) is 7.41. The number of likely N-dealkylation sites (tertiary alicyclic amines) is 1. The van der Waals surface area contributed by atoms with Crippen molar-refractivity contribution in [3.8, 4) is 0 Å². The van der Waals surface area contributed by atoms with E-state index in [4.69, 9.17) is 11.5 Å². The van der Waals surface area contributed by atoms with Gasteiger partial charge in [0.05, 0.1) is 5.92 Å². The number of para-hydroxylation sites is 1. The molecule has 1 aromatic carbocycles. The first kappa shape index (κ1) is 18.3. The molecule has 1 saturated heterocycles. The van der Waals surface area contributed by atoms with Gasteiger partial charge in [-0.15, -0.1) is 12.4 Å². The number of aryl methyl sites for hydroxylation is 1. The van der Waals surface area contributed by atoms with E-state index in [2.05, 4.69) is 0 Å². The highest BCUT2D eigenvalue weighted by atomic mass is 35.5. The van der Waals surface area contributed by atoms with Gasteiger partial charge in [0, 0.05) is 24.7 Å². The number of anilines is 1. The Morgan fingerprint density at radius 2 is 1.95 bits per heavy atom. The minimum atomic E-state index is -0.313. The van der Waals surface area contributed by atoms with Crippen molar-refractivity contribution >= 4 is 29.9 Å². The molecule has 4 N–H and O–H groups in total. The fourth-order valence-corrected chi connectivity index (χ4v) is 2.83. The van der Waals surface area contributed by atoms with Gasteiger partial charge in [0.15, 0.2) is 0 Å². The molecule has 2 atom stereocenters. The Morgan fingerprint density at radius 3 is 2.59 bits per heavy atom. The third kappa shape index (κ3) is 4.37. The van der Waals surface area contributed by atoms with Crippen LogP contribution in [0.1, 0.15) is 31.7 Å². The van der Waals surface area contributed by atoms with Gasteiger partial charge in [-0.25, -0.2) is 0 Å². The van der Waals surface area contributed by atoms with Gasteiger partial charge in [0.2, 0.25) is 11.8 Å². The van der Waals surface area contributed by atoms with Crippen LogP contribution < -0.4 is 11.5 Å². The number of hydrogen-bond donors (Lipinski definition) is 2. The molecule has 1 fully saturated rings. The maximum absolute atomic E-state index is 12.4. The number of carbonyl (C=O) groups is 2. The van der Waals surface area contributed by atoms with Crippen LogP contribution in [0.2, 0.25) is 0 Å². The van der Waals surface area contributed by atoms with Crippen molar-refractivity contribution in [2.24, 2.45) is 11.7 Å². The maximum atomic E-state index is 12.4. The van der Waals surface area contributed by atoms with Crippen LogP contribution in [-0.4, -0.2) is 29.3 Å². The lowest BCUT2D eigenvalue weighted by Gasteiger charge is -2.37.